The van der Waals surface area contributed by atoms with Gasteiger partial charge in [-0.05, 0) is 37.5 Å². The summed E-state index contributed by atoms with van der Waals surface area (Å²) in [6, 6.07) is 16.8. The van der Waals surface area contributed by atoms with Crippen molar-refractivity contribution in [2.45, 2.75) is 42.8 Å². The molecule has 1 aliphatic carbocycles. The van der Waals surface area contributed by atoms with Crippen LogP contribution in [0.25, 0.3) is 11.4 Å². The van der Waals surface area contributed by atoms with Crippen molar-refractivity contribution in [3.8, 4) is 11.4 Å². The molecule has 0 unspecified atom stereocenters. The summed E-state index contributed by atoms with van der Waals surface area (Å²) in [7, 11) is 1.81. The Morgan fingerprint density at radius 1 is 1.17 bits per heavy atom. The smallest absolute Gasteiger partial charge is 0.235 e. The molecule has 4 rings (SSSR count). The molecule has 0 spiro atoms. The van der Waals surface area contributed by atoms with Crippen LogP contribution in [0.3, 0.4) is 0 Å². The first-order valence-electron chi connectivity index (χ1n) is 9.70. The Balaban J connectivity index is 1.52. The molecule has 1 fully saturated rings. The summed E-state index contributed by atoms with van der Waals surface area (Å²) in [6.45, 7) is 2.43. The zero-order chi connectivity index (χ0) is 20.4. The Kier molecular flexibility index (Phi) is 5.67. The number of carbonyl (C=O) groups excluding carboxylic acids is 1. The van der Waals surface area contributed by atoms with Gasteiger partial charge in [0.05, 0.1) is 10.8 Å². The highest BCUT2D eigenvalue weighted by Gasteiger charge is 2.32. The number of hydrogen-bond donors (Lipinski definition) is 0. The van der Waals surface area contributed by atoms with Crippen molar-refractivity contribution in [1.82, 2.24) is 19.7 Å². The minimum absolute atomic E-state index is 0.0247. The van der Waals surface area contributed by atoms with Gasteiger partial charge >= 0.3 is 0 Å². The van der Waals surface area contributed by atoms with E-state index in [4.69, 9.17) is 0 Å². The Hall–Kier alpha value is -2.67. The van der Waals surface area contributed by atoms with Gasteiger partial charge in [0.15, 0.2) is 11.0 Å². The molecule has 0 N–H and O–H groups in total. The fourth-order valence-electron chi connectivity index (χ4n) is 3.30. The van der Waals surface area contributed by atoms with E-state index in [1.54, 1.807) is 23.1 Å². The molecule has 0 radical (unpaired) electrons. The summed E-state index contributed by atoms with van der Waals surface area (Å²) in [4.78, 5) is 14.6. The minimum atomic E-state index is -0.320. The second-order valence-corrected chi connectivity index (χ2v) is 8.64. The summed E-state index contributed by atoms with van der Waals surface area (Å²) < 4.78 is 16.3. The van der Waals surface area contributed by atoms with Gasteiger partial charge in [-0.1, -0.05) is 54.2 Å². The van der Waals surface area contributed by atoms with Gasteiger partial charge in [0.2, 0.25) is 5.91 Å². The molecule has 0 bridgehead atoms. The van der Waals surface area contributed by atoms with Crippen LogP contribution in [0.15, 0.2) is 59.8 Å². The lowest BCUT2D eigenvalue weighted by molar-refractivity contribution is -0.129. The van der Waals surface area contributed by atoms with Crippen LogP contribution in [0, 0.1) is 5.82 Å². The number of nitrogens with zero attached hydrogens (tertiary/aromatic N) is 4. The lowest BCUT2D eigenvalue weighted by Gasteiger charge is -2.21. The Labute approximate surface area is 173 Å². The highest BCUT2D eigenvalue weighted by atomic mass is 32.2. The molecule has 2 aromatic carbocycles. The van der Waals surface area contributed by atoms with E-state index in [1.165, 1.54) is 17.8 Å². The summed E-state index contributed by atoms with van der Waals surface area (Å²) >= 11 is 1.38. The normalized spacial score (nSPS) is 14.6. The number of aromatic nitrogens is 3. The van der Waals surface area contributed by atoms with Crippen LogP contribution in [0.4, 0.5) is 4.39 Å². The first-order valence-corrected chi connectivity index (χ1v) is 10.6. The molecule has 5 nitrogen and oxygen atoms in total. The van der Waals surface area contributed by atoms with E-state index < -0.39 is 0 Å². The van der Waals surface area contributed by atoms with E-state index in [9.17, 15) is 9.18 Å². The Bertz CT molecular complexity index is 1000. The van der Waals surface area contributed by atoms with E-state index in [0.717, 1.165) is 18.4 Å². The van der Waals surface area contributed by atoms with Crippen molar-refractivity contribution in [2.24, 2.45) is 0 Å². The molecule has 0 aliphatic heterocycles. The number of hydrogen-bond acceptors (Lipinski definition) is 4. The SMILES string of the molecule is C[C@H](Sc1nnc(-c2ccccc2F)n1C1CC1)C(=O)N(C)Cc1ccccc1. The van der Waals surface area contributed by atoms with Crippen molar-refractivity contribution in [3.05, 3.63) is 66.0 Å². The predicted molar refractivity (Wildman–Crippen MR) is 112 cm³/mol. The number of amides is 1. The second kappa shape index (κ2) is 8.37. The molecule has 1 aromatic heterocycles. The van der Waals surface area contributed by atoms with Crippen molar-refractivity contribution in [1.29, 1.82) is 0 Å². The first kappa shape index (κ1) is 19.6. The maximum atomic E-state index is 14.3. The molecular weight excluding hydrogens is 387 g/mol. The zero-order valence-electron chi connectivity index (χ0n) is 16.5. The second-order valence-electron chi connectivity index (χ2n) is 7.33. The van der Waals surface area contributed by atoms with Crippen LogP contribution in [-0.2, 0) is 11.3 Å². The molecule has 1 atom stereocenters. The van der Waals surface area contributed by atoms with Crippen LogP contribution in [0.1, 0.15) is 31.4 Å². The van der Waals surface area contributed by atoms with Crippen molar-refractivity contribution >= 4 is 17.7 Å². The lowest BCUT2D eigenvalue weighted by atomic mass is 10.2. The largest absolute Gasteiger partial charge is 0.340 e. The third-order valence-electron chi connectivity index (χ3n) is 4.96. The van der Waals surface area contributed by atoms with Crippen LogP contribution < -0.4 is 0 Å². The van der Waals surface area contributed by atoms with Gasteiger partial charge in [0, 0.05) is 19.6 Å². The molecule has 7 heteroatoms. The third-order valence-corrected chi connectivity index (χ3v) is 6.00. The van der Waals surface area contributed by atoms with Gasteiger partial charge in [-0.25, -0.2) is 4.39 Å². The summed E-state index contributed by atoms with van der Waals surface area (Å²) in [6.07, 6.45) is 2.03. The average Bonchev–Trinajstić information content (AvgIpc) is 3.49. The van der Waals surface area contributed by atoms with Gasteiger partial charge in [-0.15, -0.1) is 10.2 Å². The molecule has 29 heavy (non-hydrogen) atoms. The topological polar surface area (TPSA) is 51.0 Å². The molecule has 1 aliphatic rings. The van der Waals surface area contributed by atoms with Crippen LogP contribution >= 0.6 is 11.8 Å². The van der Waals surface area contributed by atoms with Gasteiger partial charge in [0.1, 0.15) is 5.82 Å². The fourth-order valence-corrected chi connectivity index (χ4v) is 4.33. The highest BCUT2D eigenvalue weighted by Crippen LogP contribution is 2.42. The lowest BCUT2D eigenvalue weighted by Crippen LogP contribution is -2.33. The summed E-state index contributed by atoms with van der Waals surface area (Å²) in [5, 5.41) is 8.91. The van der Waals surface area contributed by atoms with Crippen LogP contribution in [0.5, 0.6) is 0 Å². The highest BCUT2D eigenvalue weighted by molar-refractivity contribution is 8.00. The van der Waals surface area contributed by atoms with E-state index in [0.29, 0.717) is 23.1 Å². The molecule has 1 saturated carbocycles. The standard InChI is InChI=1S/C22H23FN4OS/c1-15(21(28)26(2)14-16-8-4-3-5-9-16)29-22-25-24-20(27(22)17-12-13-17)18-10-6-7-11-19(18)23/h3-11,15,17H,12-14H2,1-2H3/t15-/m0/s1. The van der Waals surface area contributed by atoms with Gasteiger partial charge in [0.25, 0.3) is 0 Å². The van der Waals surface area contributed by atoms with E-state index in [2.05, 4.69) is 10.2 Å². The number of benzene rings is 2. The molecular formula is C22H23FN4OS. The Morgan fingerprint density at radius 2 is 1.86 bits per heavy atom. The number of rotatable bonds is 7. The van der Waals surface area contributed by atoms with Crippen molar-refractivity contribution in [3.63, 3.8) is 0 Å². The maximum Gasteiger partial charge on any atom is 0.235 e. The molecule has 1 amide bonds. The summed E-state index contributed by atoms with van der Waals surface area (Å²) in [5.41, 5.74) is 1.53. The van der Waals surface area contributed by atoms with Gasteiger partial charge in [-0.2, -0.15) is 0 Å². The summed E-state index contributed by atoms with van der Waals surface area (Å²) in [5.74, 6) is 0.243. The fraction of sp³-hybridized carbons (Fsp3) is 0.318. The van der Waals surface area contributed by atoms with Crippen molar-refractivity contribution in [2.75, 3.05) is 7.05 Å². The number of carbonyl (C=O) groups is 1. The Morgan fingerprint density at radius 3 is 2.55 bits per heavy atom. The average molecular weight is 411 g/mol. The molecule has 0 saturated heterocycles. The monoisotopic (exact) mass is 410 g/mol. The number of thioether (sulfide) groups is 1. The minimum Gasteiger partial charge on any atom is -0.340 e. The predicted octanol–water partition coefficient (Wildman–Crippen LogP) is 4.56. The zero-order valence-corrected chi connectivity index (χ0v) is 17.3. The molecule has 150 valence electrons. The van der Waals surface area contributed by atoms with Gasteiger partial charge in [-0.3, -0.25) is 9.36 Å². The quantitative estimate of drug-likeness (QED) is 0.536. The molecule has 3 aromatic rings. The third kappa shape index (κ3) is 4.34. The van der Waals surface area contributed by atoms with E-state index in [-0.39, 0.29) is 23.0 Å². The van der Waals surface area contributed by atoms with Crippen LogP contribution in [-0.4, -0.2) is 37.9 Å². The van der Waals surface area contributed by atoms with Crippen LogP contribution in [0.2, 0.25) is 0 Å². The van der Waals surface area contributed by atoms with E-state index >= 15 is 0 Å². The number of halogens is 1. The van der Waals surface area contributed by atoms with Gasteiger partial charge < -0.3 is 4.90 Å². The first-order chi connectivity index (χ1) is 14.0. The molecule has 1 heterocycles. The van der Waals surface area contributed by atoms with Crippen molar-refractivity contribution < 1.29 is 9.18 Å². The maximum absolute atomic E-state index is 14.3. The van der Waals surface area contributed by atoms with E-state index in [1.807, 2.05) is 48.9 Å².